The van der Waals surface area contributed by atoms with E-state index in [1.807, 2.05) is 6.07 Å². The summed E-state index contributed by atoms with van der Waals surface area (Å²) in [7, 11) is -3.49. The maximum atomic E-state index is 13.3. The fourth-order valence-electron chi connectivity index (χ4n) is 3.72. The van der Waals surface area contributed by atoms with Gasteiger partial charge < -0.3 is 5.32 Å². The average molecular weight is 488 g/mol. The first-order valence-electron chi connectivity index (χ1n) is 10.5. The van der Waals surface area contributed by atoms with Crippen molar-refractivity contribution < 1.29 is 17.6 Å². The highest BCUT2D eigenvalue weighted by Crippen LogP contribution is 2.21. The predicted octanol–water partition coefficient (Wildman–Crippen LogP) is 4.24. The number of nitrogens with one attached hydrogen (secondary N) is 1. The SMILES string of the molecule is O=C(Nc1ccc(F)c(Cl)c1)c1cccc(CN2CCN(S(=O)(=O)c3ccccc3)CC2)c1. The summed E-state index contributed by atoms with van der Waals surface area (Å²) >= 11 is 5.78. The van der Waals surface area contributed by atoms with Crippen molar-refractivity contribution in [2.24, 2.45) is 0 Å². The normalized spacial score (nSPS) is 15.3. The van der Waals surface area contributed by atoms with Crippen LogP contribution in [0.4, 0.5) is 10.1 Å². The molecule has 0 spiro atoms. The van der Waals surface area contributed by atoms with Gasteiger partial charge in [0, 0.05) is 44.0 Å². The van der Waals surface area contributed by atoms with Gasteiger partial charge in [0.15, 0.2) is 0 Å². The number of anilines is 1. The summed E-state index contributed by atoms with van der Waals surface area (Å²) in [4.78, 5) is 15.1. The van der Waals surface area contributed by atoms with E-state index in [2.05, 4.69) is 10.2 Å². The Bertz CT molecular complexity index is 1250. The number of amides is 1. The Hall–Kier alpha value is -2.78. The summed E-state index contributed by atoms with van der Waals surface area (Å²) in [5.74, 6) is -0.869. The van der Waals surface area contributed by atoms with E-state index in [1.54, 1.807) is 48.5 Å². The molecule has 1 amide bonds. The van der Waals surface area contributed by atoms with Gasteiger partial charge in [-0.1, -0.05) is 41.9 Å². The van der Waals surface area contributed by atoms with Crippen molar-refractivity contribution in [3.05, 3.63) is 94.8 Å². The number of halogens is 2. The molecule has 172 valence electrons. The van der Waals surface area contributed by atoms with E-state index >= 15 is 0 Å². The molecule has 0 aromatic heterocycles. The second-order valence-corrected chi connectivity index (χ2v) is 10.1. The number of benzene rings is 3. The van der Waals surface area contributed by atoms with Crippen LogP contribution in [0.15, 0.2) is 77.7 Å². The van der Waals surface area contributed by atoms with Crippen molar-refractivity contribution in [1.82, 2.24) is 9.21 Å². The van der Waals surface area contributed by atoms with Gasteiger partial charge in [-0.25, -0.2) is 12.8 Å². The van der Waals surface area contributed by atoms with Crippen LogP contribution in [0.5, 0.6) is 0 Å². The highest BCUT2D eigenvalue weighted by atomic mass is 35.5. The number of sulfonamides is 1. The molecule has 4 rings (SSSR count). The molecule has 3 aromatic rings. The van der Waals surface area contributed by atoms with E-state index in [-0.39, 0.29) is 10.9 Å². The van der Waals surface area contributed by atoms with Gasteiger partial charge >= 0.3 is 0 Å². The van der Waals surface area contributed by atoms with Crippen molar-refractivity contribution in [1.29, 1.82) is 0 Å². The Labute approximate surface area is 197 Å². The lowest BCUT2D eigenvalue weighted by Crippen LogP contribution is -2.48. The number of carbonyl (C=O) groups is 1. The molecule has 1 aliphatic heterocycles. The number of nitrogens with zero attached hydrogens (tertiary/aromatic N) is 2. The highest BCUT2D eigenvalue weighted by Gasteiger charge is 2.28. The number of hydrogen-bond acceptors (Lipinski definition) is 4. The molecule has 1 aliphatic rings. The molecule has 0 atom stereocenters. The van der Waals surface area contributed by atoms with Crippen LogP contribution in [0.3, 0.4) is 0 Å². The standard InChI is InChI=1S/C24H23ClFN3O3S/c25-22-16-20(9-10-23(22)26)27-24(30)19-6-4-5-18(15-19)17-28-11-13-29(14-12-28)33(31,32)21-7-2-1-3-8-21/h1-10,15-16H,11-14,17H2,(H,27,30). The minimum atomic E-state index is -3.49. The maximum absolute atomic E-state index is 13.3. The molecule has 0 saturated carbocycles. The predicted molar refractivity (Wildman–Crippen MR) is 126 cm³/mol. The van der Waals surface area contributed by atoms with E-state index in [0.29, 0.717) is 48.9 Å². The fourth-order valence-corrected chi connectivity index (χ4v) is 5.34. The summed E-state index contributed by atoms with van der Waals surface area (Å²) in [6.45, 7) is 2.60. The van der Waals surface area contributed by atoms with Crippen LogP contribution in [-0.2, 0) is 16.6 Å². The van der Waals surface area contributed by atoms with Gasteiger partial charge in [-0.15, -0.1) is 0 Å². The van der Waals surface area contributed by atoms with Gasteiger partial charge in [-0.05, 0) is 48.0 Å². The third-order valence-corrected chi connectivity index (χ3v) is 7.69. The molecule has 33 heavy (non-hydrogen) atoms. The van der Waals surface area contributed by atoms with E-state index in [4.69, 9.17) is 11.6 Å². The third-order valence-electron chi connectivity index (χ3n) is 5.49. The number of piperazine rings is 1. The van der Waals surface area contributed by atoms with Gasteiger partial charge in [-0.2, -0.15) is 4.31 Å². The van der Waals surface area contributed by atoms with Crippen molar-refractivity contribution >= 4 is 33.2 Å². The number of rotatable bonds is 6. The summed E-state index contributed by atoms with van der Waals surface area (Å²) in [5, 5.41) is 2.66. The molecule has 0 radical (unpaired) electrons. The van der Waals surface area contributed by atoms with Crippen molar-refractivity contribution in [2.45, 2.75) is 11.4 Å². The van der Waals surface area contributed by atoms with Crippen LogP contribution in [0, 0.1) is 5.82 Å². The second kappa shape index (κ2) is 10.0. The zero-order valence-corrected chi connectivity index (χ0v) is 19.3. The van der Waals surface area contributed by atoms with Crippen molar-refractivity contribution in [3.63, 3.8) is 0 Å². The quantitative estimate of drug-likeness (QED) is 0.564. The molecule has 3 aromatic carbocycles. The largest absolute Gasteiger partial charge is 0.322 e. The molecule has 1 saturated heterocycles. The molecule has 1 heterocycles. The minimum absolute atomic E-state index is 0.0602. The molecule has 9 heteroatoms. The molecule has 1 fully saturated rings. The van der Waals surface area contributed by atoms with Crippen LogP contribution in [0.2, 0.25) is 5.02 Å². The number of hydrogen-bond donors (Lipinski definition) is 1. The van der Waals surface area contributed by atoms with Crippen LogP contribution < -0.4 is 5.32 Å². The smallest absolute Gasteiger partial charge is 0.255 e. The van der Waals surface area contributed by atoms with E-state index in [9.17, 15) is 17.6 Å². The summed E-state index contributed by atoms with van der Waals surface area (Å²) in [5.41, 5.74) is 1.82. The van der Waals surface area contributed by atoms with Crippen LogP contribution >= 0.6 is 11.6 Å². The van der Waals surface area contributed by atoms with E-state index in [1.165, 1.54) is 22.5 Å². The van der Waals surface area contributed by atoms with Crippen LogP contribution in [0.25, 0.3) is 0 Å². The van der Waals surface area contributed by atoms with Crippen LogP contribution in [-0.4, -0.2) is 49.7 Å². The molecule has 0 aliphatic carbocycles. The fraction of sp³-hybridized carbons (Fsp3) is 0.208. The van der Waals surface area contributed by atoms with Crippen LogP contribution in [0.1, 0.15) is 15.9 Å². The Balaban J connectivity index is 1.36. The zero-order valence-electron chi connectivity index (χ0n) is 17.7. The molecule has 0 unspecified atom stereocenters. The Kier molecular flexibility index (Phi) is 7.09. The first-order chi connectivity index (χ1) is 15.8. The van der Waals surface area contributed by atoms with E-state index < -0.39 is 15.8 Å². The lowest BCUT2D eigenvalue weighted by Gasteiger charge is -2.34. The average Bonchev–Trinajstić information content (AvgIpc) is 2.82. The minimum Gasteiger partial charge on any atom is -0.322 e. The molecule has 1 N–H and O–H groups in total. The first kappa shape index (κ1) is 23.4. The van der Waals surface area contributed by atoms with Gasteiger partial charge in [0.25, 0.3) is 5.91 Å². The second-order valence-electron chi connectivity index (χ2n) is 7.78. The monoisotopic (exact) mass is 487 g/mol. The zero-order chi connectivity index (χ0) is 23.4. The van der Waals surface area contributed by atoms with Gasteiger partial charge in [0.1, 0.15) is 5.82 Å². The maximum Gasteiger partial charge on any atom is 0.255 e. The summed E-state index contributed by atoms with van der Waals surface area (Å²) in [6.07, 6.45) is 0. The third kappa shape index (κ3) is 5.59. The number of carbonyl (C=O) groups excluding carboxylic acids is 1. The summed E-state index contributed by atoms with van der Waals surface area (Å²) < 4.78 is 40.4. The van der Waals surface area contributed by atoms with E-state index in [0.717, 1.165) is 5.56 Å². The summed E-state index contributed by atoms with van der Waals surface area (Å²) in [6, 6.07) is 19.7. The molecule has 0 bridgehead atoms. The first-order valence-corrected chi connectivity index (χ1v) is 12.3. The lowest BCUT2D eigenvalue weighted by atomic mass is 10.1. The molecule has 6 nitrogen and oxygen atoms in total. The Morgan fingerprint density at radius 3 is 2.36 bits per heavy atom. The van der Waals surface area contributed by atoms with Gasteiger partial charge in [-0.3, -0.25) is 9.69 Å². The van der Waals surface area contributed by atoms with Crippen molar-refractivity contribution in [2.75, 3.05) is 31.5 Å². The van der Waals surface area contributed by atoms with Gasteiger partial charge in [0.2, 0.25) is 10.0 Å². The lowest BCUT2D eigenvalue weighted by molar-refractivity contribution is 0.102. The van der Waals surface area contributed by atoms with Gasteiger partial charge in [0.05, 0.1) is 9.92 Å². The molecular formula is C24H23ClFN3O3S. The molecular weight excluding hydrogens is 465 g/mol. The Morgan fingerprint density at radius 1 is 0.939 bits per heavy atom. The topological polar surface area (TPSA) is 69.7 Å². The Morgan fingerprint density at radius 2 is 1.67 bits per heavy atom. The highest BCUT2D eigenvalue weighted by molar-refractivity contribution is 7.89. The van der Waals surface area contributed by atoms with Crippen molar-refractivity contribution in [3.8, 4) is 0 Å².